The highest BCUT2D eigenvalue weighted by molar-refractivity contribution is 5.88. The molecule has 7 heteroatoms. The van der Waals surface area contributed by atoms with E-state index in [1.54, 1.807) is 0 Å². The van der Waals surface area contributed by atoms with E-state index in [1.165, 1.54) is 0 Å². The molecule has 1 atom stereocenters. The summed E-state index contributed by atoms with van der Waals surface area (Å²) in [6, 6.07) is -1.07. The van der Waals surface area contributed by atoms with Crippen molar-refractivity contribution in [1.82, 2.24) is 5.32 Å². The first kappa shape index (κ1) is 19.4. The van der Waals surface area contributed by atoms with Crippen LogP contribution in [-0.2, 0) is 23.9 Å². The van der Waals surface area contributed by atoms with E-state index < -0.39 is 23.9 Å². The predicted octanol–water partition coefficient (Wildman–Crippen LogP) is 0.218. The number of hydrogen-bond acceptors (Lipinski definition) is 6. The molecule has 0 radical (unpaired) electrons. The minimum Gasteiger partial charge on any atom is -0.465 e. The summed E-state index contributed by atoms with van der Waals surface area (Å²) in [4.78, 5) is 34.9. The molecule has 0 aromatic carbocycles. The highest BCUT2D eigenvalue weighted by Crippen LogP contribution is 2.03. The average Bonchev–Trinajstić information content (AvgIpc) is 2.41. The van der Waals surface area contributed by atoms with Gasteiger partial charge in [-0.2, -0.15) is 0 Å². The Kier molecular flexibility index (Phi) is 9.36. The molecule has 21 heavy (non-hydrogen) atoms. The van der Waals surface area contributed by atoms with Gasteiger partial charge in [-0.25, -0.2) is 4.79 Å². The van der Waals surface area contributed by atoms with Gasteiger partial charge in [-0.3, -0.25) is 9.59 Å². The molecule has 122 valence electrons. The van der Waals surface area contributed by atoms with E-state index in [4.69, 9.17) is 15.2 Å². The SMILES string of the molecule is CC(C)COC(=O)C[C@H](NC(=O)CN)C(=O)OCC(C)C. The summed E-state index contributed by atoms with van der Waals surface area (Å²) >= 11 is 0. The molecule has 0 aromatic heterocycles. The monoisotopic (exact) mass is 302 g/mol. The summed E-state index contributed by atoms with van der Waals surface area (Å²) in [5.41, 5.74) is 5.19. The zero-order valence-corrected chi connectivity index (χ0v) is 13.2. The zero-order valence-electron chi connectivity index (χ0n) is 13.2. The second-order valence-corrected chi connectivity index (χ2v) is 5.63. The van der Waals surface area contributed by atoms with Crippen LogP contribution in [0, 0.1) is 11.8 Å². The molecule has 0 spiro atoms. The standard InChI is InChI=1S/C14H26N2O5/c1-9(2)7-20-13(18)5-11(16-12(17)6-15)14(19)21-8-10(3)4/h9-11H,5-8,15H2,1-4H3,(H,16,17)/t11-/m0/s1. The van der Waals surface area contributed by atoms with Crippen LogP contribution in [-0.4, -0.2) is 43.6 Å². The molecular weight excluding hydrogens is 276 g/mol. The van der Waals surface area contributed by atoms with Crippen molar-refractivity contribution >= 4 is 17.8 Å². The van der Waals surface area contributed by atoms with Crippen molar-refractivity contribution < 1.29 is 23.9 Å². The molecule has 0 saturated heterocycles. The van der Waals surface area contributed by atoms with Crippen LogP contribution in [0.25, 0.3) is 0 Å². The molecular formula is C14H26N2O5. The van der Waals surface area contributed by atoms with E-state index in [9.17, 15) is 14.4 Å². The molecule has 0 saturated carbocycles. The molecule has 0 rings (SSSR count). The van der Waals surface area contributed by atoms with Gasteiger partial charge in [-0.1, -0.05) is 27.7 Å². The molecule has 0 heterocycles. The van der Waals surface area contributed by atoms with Crippen LogP contribution in [0.3, 0.4) is 0 Å². The third-order valence-electron chi connectivity index (χ3n) is 2.31. The van der Waals surface area contributed by atoms with E-state index in [0.29, 0.717) is 0 Å². The topological polar surface area (TPSA) is 108 Å². The molecule has 7 nitrogen and oxygen atoms in total. The highest BCUT2D eigenvalue weighted by Gasteiger charge is 2.26. The Morgan fingerprint density at radius 3 is 2.00 bits per heavy atom. The summed E-state index contributed by atoms with van der Waals surface area (Å²) in [7, 11) is 0. The number of nitrogens with one attached hydrogen (secondary N) is 1. The van der Waals surface area contributed by atoms with Gasteiger partial charge in [0.1, 0.15) is 6.04 Å². The zero-order chi connectivity index (χ0) is 16.4. The van der Waals surface area contributed by atoms with Gasteiger partial charge in [0.15, 0.2) is 0 Å². The summed E-state index contributed by atoms with van der Waals surface area (Å²) in [5.74, 6) is -1.40. The van der Waals surface area contributed by atoms with Crippen LogP contribution in [0.15, 0.2) is 0 Å². The van der Waals surface area contributed by atoms with Crippen molar-refractivity contribution in [3.8, 4) is 0 Å². The first-order valence-corrected chi connectivity index (χ1v) is 7.07. The number of rotatable bonds is 9. The average molecular weight is 302 g/mol. The van der Waals surface area contributed by atoms with Crippen LogP contribution >= 0.6 is 0 Å². The Balaban J connectivity index is 4.54. The largest absolute Gasteiger partial charge is 0.465 e. The Hall–Kier alpha value is -1.63. The number of carbonyl (C=O) groups excluding carboxylic acids is 3. The third-order valence-corrected chi connectivity index (χ3v) is 2.31. The maximum atomic E-state index is 11.9. The molecule has 0 unspecified atom stereocenters. The van der Waals surface area contributed by atoms with Crippen molar-refractivity contribution in [2.24, 2.45) is 17.6 Å². The van der Waals surface area contributed by atoms with E-state index in [-0.39, 0.29) is 38.0 Å². The van der Waals surface area contributed by atoms with Gasteiger partial charge < -0.3 is 20.5 Å². The van der Waals surface area contributed by atoms with Crippen LogP contribution in [0.1, 0.15) is 34.1 Å². The third kappa shape index (κ3) is 9.84. The van der Waals surface area contributed by atoms with Crippen molar-refractivity contribution in [3.05, 3.63) is 0 Å². The highest BCUT2D eigenvalue weighted by atomic mass is 16.5. The van der Waals surface area contributed by atoms with Gasteiger partial charge in [0.05, 0.1) is 26.2 Å². The van der Waals surface area contributed by atoms with Gasteiger partial charge >= 0.3 is 11.9 Å². The van der Waals surface area contributed by atoms with Crippen molar-refractivity contribution in [3.63, 3.8) is 0 Å². The number of ether oxygens (including phenoxy) is 2. The Bertz CT molecular complexity index is 355. The molecule has 3 N–H and O–H groups in total. The van der Waals surface area contributed by atoms with Crippen LogP contribution in [0.4, 0.5) is 0 Å². The van der Waals surface area contributed by atoms with Crippen molar-refractivity contribution in [2.75, 3.05) is 19.8 Å². The van der Waals surface area contributed by atoms with Crippen molar-refractivity contribution in [2.45, 2.75) is 40.2 Å². The number of carbonyl (C=O) groups is 3. The Morgan fingerprint density at radius 2 is 1.52 bits per heavy atom. The maximum absolute atomic E-state index is 11.9. The van der Waals surface area contributed by atoms with Gasteiger partial charge in [-0.05, 0) is 11.8 Å². The van der Waals surface area contributed by atoms with Crippen molar-refractivity contribution in [1.29, 1.82) is 0 Å². The lowest BCUT2D eigenvalue weighted by Crippen LogP contribution is -2.46. The van der Waals surface area contributed by atoms with E-state index in [1.807, 2.05) is 27.7 Å². The second kappa shape index (κ2) is 10.1. The van der Waals surface area contributed by atoms with Gasteiger partial charge in [0.25, 0.3) is 0 Å². The van der Waals surface area contributed by atoms with Crippen LogP contribution in [0.5, 0.6) is 0 Å². The summed E-state index contributed by atoms with van der Waals surface area (Å²) in [6.07, 6.45) is -0.268. The van der Waals surface area contributed by atoms with Gasteiger partial charge in [-0.15, -0.1) is 0 Å². The summed E-state index contributed by atoms with van der Waals surface area (Å²) in [5, 5.41) is 2.37. The van der Waals surface area contributed by atoms with Crippen LogP contribution in [0.2, 0.25) is 0 Å². The molecule has 1 amide bonds. The number of hydrogen-bond donors (Lipinski definition) is 2. The lowest BCUT2D eigenvalue weighted by atomic mass is 10.2. The van der Waals surface area contributed by atoms with E-state index in [0.717, 1.165) is 0 Å². The Morgan fingerprint density at radius 1 is 1.00 bits per heavy atom. The molecule has 0 fully saturated rings. The number of esters is 2. The lowest BCUT2D eigenvalue weighted by molar-refractivity contribution is -0.154. The molecule has 0 bridgehead atoms. The lowest BCUT2D eigenvalue weighted by Gasteiger charge is -2.18. The first-order valence-electron chi connectivity index (χ1n) is 7.07. The fraction of sp³-hybridized carbons (Fsp3) is 0.786. The van der Waals surface area contributed by atoms with E-state index in [2.05, 4.69) is 5.32 Å². The second-order valence-electron chi connectivity index (χ2n) is 5.63. The maximum Gasteiger partial charge on any atom is 0.329 e. The minimum absolute atomic E-state index is 0.160. The number of nitrogens with two attached hydrogens (primary N) is 1. The summed E-state index contributed by atoms with van der Waals surface area (Å²) in [6.45, 7) is 7.78. The normalized spacial score (nSPS) is 12.1. The van der Waals surface area contributed by atoms with E-state index >= 15 is 0 Å². The first-order chi connectivity index (χ1) is 9.76. The Labute approximate surface area is 125 Å². The predicted molar refractivity (Wildman–Crippen MR) is 77.2 cm³/mol. The van der Waals surface area contributed by atoms with Gasteiger partial charge in [0.2, 0.25) is 5.91 Å². The molecule has 0 aliphatic heterocycles. The molecule has 0 aromatic rings. The smallest absolute Gasteiger partial charge is 0.329 e. The quantitative estimate of drug-likeness (QED) is 0.590. The molecule has 0 aliphatic carbocycles. The van der Waals surface area contributed by atoms with Gasteiger partial charge in [0, 0.05) is 0 Å². The molecule has 0 aliphatic rings. The fourth-order valence-electron chi connectivity index (χ4n) is 1.28. The minimum atomic E-state index is -1.07. The fourth-order valence-corrected chi connectivity index (χ4v) is 1.28. The summed E-state index contributed by atoms with van der Waals surface area (Å²) < 4.78 is 10.0. The number of amides is 1. The van der Waals surface area contributed by atoms with Crippen LogP contribution < -0.4 is 11.1 Å².